The predicted molar refractivity (Wildman–Crippen MR) is 72.7 cm³/mol. The number of rotatable bonds is 2. The van der Waals surface area contributed by atoms with Crippen molar-refractivity contribution in [2.24, 2.45) is 0 Å². The number of pyridine rings is 1. The first-order chi connectivity index (χ1) is 9.38. The third-order valence-electron chi connectivity index (χ3n) is 2.59. The molecule has 1 aromatic carbocycles. The Hall–Kier alpha value is -2.21. The van der Waals surface area contributed by atoms with Crippen LogP contribution in [0.5, 0.6) is 0 Å². The summed E-state index contributed by atoms with van der Waals surface area (Å²) in [4.78, 5) is 15.8. The summed E-state index contributed by atoms with van der Waals surface area (Å²) in [6, 6.07) is 3.08. The predicted octanol–water partition coefficient (Wildman–Crippen LogP) is 3.16. The number of carbonyl (C=O) groups is 1. The smallest absolute Gasteiger partial charge is 0.259 e. The molecule has 1 heterocycles. The van der Waals surface area contributed by atoms with Crippen LogP contribution in [0.25, 0.3) is 0 Å². The van der Waals surface area contributed by atoms with Gasteiger partial charge in [0.05, 0.1) is 22.5 Å². The van der Waals surface area contributed by atoms with Gasteiger partial charge in [-0.2, -0.15) is 0 Å². The van der Waals surface area contributed by atoms with Gasteiger partial charge in [0.2, 0.25) is 0 Å². The molecular formula is C13H10ClF2N3O. The van der Waals surface area contributed by atoms with Crippen molar-refractivity contribution in [3.8, 4) is 0 Å². The summed E-state index contributed by atoms with van der Waals surface area (Å²) in [5, 5.41) is 2.00. The minimum absolute atomic E-state index is 0.221. The van der Waals surface area contributed by atoms with Gasteiger partial charge in [-0.1, -0.05) is 11.6 Å². The molecule has 0 radical (unpaired) electrons. The molecular weight excluding hydrogens is 288 g/mol. The highest BCUT2D eigenvalue weighted by atomic mass is 35.5. The van der Waals surface area contributed by atoms with Gasteiger partial charge >= 0.3 is 0 Å². The number of halogens is 3. The van der Waals surface area contributed by atoms with Crippen molar-refractivity contribution in [3.05, 3.63) is 52.2 Å². The van der Waals surface area contributed by atoms with E-state index in [0.717, 1.165) is 12.1 Å². The summed E-state index contributed by atoms with van der Waals surface area (Å²) in [6.07, 6.45) is 1.35. The van der Waals surface area contributed by atoms with Gasteiger partial charge in [0.25, 0.3) is 5.91 Å². The number of carbonyl (C=O) groups excluding carboxylic acids is 1. The lowest BCUT2D eigenvalue weighted by atomic mass is 10.2. The Bertz CT molecular complexity index is 692. The highest BCUT2D eigenvalue weighted by Gasteiger charge is 2.16. The van der Waals surface area contributed by atoms with Crippen molar-refractivity contribution in [3.63, 3.8) is 0 Å². The number of nitrogens with one attached hydrogen (secondary N) is 1. The summed E-state index contributed by atoms with van der Waals surface area (Å²) in [7, 11) is 0. The summed E-state index contributed by atoms with van der Waals surface area (Å²) in [5.41, 5.74) is 6.12. The van der Waals surface area contributed by atoms with Crippen LogP contribution >= 0.6 is 11.6 Å². The van der Waals surface area contributed by atoms with Gasteiger partial charge in [0, 0.05) is 0 Å². The number of aromatic nitrogens is 1. The van der Waals surface area contributed by atoms with Crippen LogP contribution in [0.1, 0.15) is 15.9 Å². The molecule has 0 aliphatic carbocycles. The lowest BCUT2D eigenvalue weighted by molar-refractivity contribution is 0.102. The number of nitrogens with two attached hydrogens (primary N) is 1. The standard InChI is InChI=1S/C13H10ClF2N3O/c1-6-2-7(17)5-18-12(6)19-13(20)8-3-11(16)9(14)4-10(8)15/h2-5H,17H2,1H3,(H,18,19,20). The summed E-state index contributed by atoms with van der Waals surface area (Å²) >= 11 is 5.42. The second-order valence-electron chi connectivity index (χ2n) is 4.13. The van der Waals surface area contributed by atoms with E-state index in [-0.39, 0.29) is 10.8 Å². The average molecular weight is 298 g/mol. The molecule has 0 saturated heterocycles. The summed E-state index contributed by atoms with van der Waals surface area (Å²) in [6.45, 7) is 1.68. The van der Waals surface area contributed by atoms with E-state index in [1.807, 2.05) is 0 Å². The topological polar surface area (TPSA) is 68.0 Å². The van der Waals surface area contributed by atoms with Crippen LogP contribution in [0, 0.1) is 18.6 Å². The quantitative estimate of drug-likeness (QED) is 0.837. The van der Waals surface area contributed by atoms with Gasteiger partial charge in [-0.05, 0) is 30.7 Å². The number of hydrogen-bond donors (Lipinski definition) is 2. The second kappa shape index (κ2) is 5.42. The normalized spacial score (nSPS) is 10.4. The van der Waals surface area contributed by atoms with Crippen LogP contribution in [0.4, 0.5) is 20.3 Å². The lowest BCUT2D eigenvalue weighted by Crippen LogP contribution is -2.16. The van der Waals surface area contributed by atoms with E-state index in [2.05, 4.69) is 10.3 Å². The van der Waals surface area contributed by atoms with E-state index in [0.29, 0.717) is 11.3 Å². The maximum atomic E-state index is 13.6. The van der Waals surface area contributed by atoms with Crippen LogP contribution < -0.4 is 11.1 Å². The van der Waals surface area contributed by atoms with Crippen LogP contribution in [0.3, 0.4) is 0 Å². The Morgan fingerprint density at radius 3 is 2.65 bits per heavy atom. The molecule has 4 nitrogen and oxygen atoms in total. The molecule has 0 aliphatic rings. The van der Waals surface area contributed by atoms with E-state index in [4.69, 9.17) is 17.3 Å². The van der Waals surface area contributed by atoms with Crippen molar-refractivity contribution < 1.29 is 13.6 Å². The van der Waals surface area contributed by atoms with Crippen LogP contribution in [-0.4, -0.2) is 10.9 Å². The molecule has 104 valence electrons. The Morgan fingerprint density at radius 2 is 2.00 bits per heavy atom. The first-order valence-corrected chi connectivity index (χ1v) is 5.94. The monoisotopic (exact) mass is 297 g/mol. The van der Waals surface area contributed by atoms with Gasteiger partial charge in [0.1, 0.15) is 17.5 Å². The van der Waals surface area contributed by atoms with Crippen LogP contribution in [0.15, 0.2) is 24.4 Å². The molecule has 0 saturated carbocycles. The zero-order valence-corrected chi connectivity index (χ0v) is 11.1. The summed E-state index contributed by atoms with van der Waals surface area (Å²) in [5.74, 6) is -2.39. The fourth-order valence-electron chi connectivity index (χ4n) is 1.60. The zero-order chi connectivity index (χ0) is 14.9. The molecule has 0 atom stereocenters. The van der Waals surface area contributed by atoms with Crippen molar-refractivity contribution in [1.29, 1.82) is 0 Å². The van der Waals surface area contributed by atoms with E-state index >= 15 is 0 Å². The lowest BCUT2D eigenvalue weighted by Gasteiger charge is -2.09. The molecule has 0 spiro atoms. The maximum absolute atomic E-state index is 13.6. The molecule has 1 aromatic heterocycles. The van der Waals surface area contributed by atoms with E-state index in [1.54, 1.807) is 13.0 Å². The fraction of sp³-hybridized carbons (Fsp3) is 0.0769. The molecule has 0 aliphatic heterocycles. The van der Waals surface area contributed by atoms with Gasteiger partial charge in [-0.3, -0.25) is 4.79 Å². The molecule has 0 fully saturated rings. The first kappa shape index (κ1) is 14.2. The summed E-state index contributed by atoms with van der Waals surface area (Å²) < 4.78 is 26.9. The van der Waals surface area contributed by atoms with Gasteiger partial charge in [-0.15, -0.1) is 0 Å². The maximum Gasteiger partial charge on any atom is 0.259 e. The van der Waals surface area contributed by atoms with Crippen molar-refractivity contribution in [2.75, 3.05) is 11.1 Å². The minimum atomic E-state index is -0.915. The number of aryl methyl sites for hydroxylation is 1. The van der Waals surface area contributed by atoms with Gasteiger partial charge in [0.15, 0.2) is 0 Å². The van der Waals surface area contributed by atoms with Crippen molar-refractivity contribution in [1.82, 2.24) is 4.98 Å². The van der Waals surface area contributed by atoms with Crippen molar-refractivity contribution >= 4 is 29.0 Å². The van der Waals surface area contributed by atoms with Crippen molar-refractivity contribution in [2.45, 2.75) is 6.92 Å². The second-order valence-corrected chi connectivity index (χ2v) is 4.54. The van der Waals surface area contributed by atoms with E-state index in [1.165, 1.54) is 6.20 Å². The Labute approximate surface area is 118 Å². The van der Waals surface area contributed by atoms with E-state index < -0.39 is 23.1 Å². The molecule has 7 heteroatoms. The number of amides is 1. The van der Waals surface area contributed by atoms with Crippen LogP contribution in [-0.2, 0) is 0 Å². The molecule has 1 amide bonds. The van der Waals surface area contributed by atoms with Gasteiger partial charge in [-0.25, -0.2) is 13.8 Å². The molecule has 0 unspecified atom stereocenters. The Kier molecular flexibility index (Phi) is 3.85. The highest BCUT2D eigenvalue weighted by molar-refractivity contribution is 6.30. The Balaban J connectivity index is 2.31. The third kappa shape index (κ3) is 2.85. The first-order valence-electron chi connectivity index (χ1n) is 5.56. The number of nitrogen functional groups attached to an aromatic ring is 1. The largest absolute Gasteiger partial charge is 0.397 e. The zero-order valence-electron chi connectivity index (χ0n) is 10.4. The number of hydrogen-bond acceptors (Lipinski definition) is 3. The Morgan fingerprint density at radius 1 is 1.30 bits per heavy atom. The van der Waals surface area contributed by atoms with E-state index in [9.17, 15) is 13.6 Å². The number of benzene rings is 1. The number of nitrogens with zero attached hydrogens (tertiary/aromatic N) is 1. The minimum Gasteiger partial charge on any atom is -0.397 e. The fourth-order valence-corrected chi connectivity index (χ4v) is 1.75. The molecule has 2 rings (SSSR count). The highest BCUT2D eigenvalue weighted by Crippen LogP contribution is 2.21. The van der Waals surface area contributed by atoms with Gasteiger partial charge < -0.3 is 11.1 Å². The molecule has 0 bridgehead atoms. The molecule has 20 heavy (non-hydrogen) atoms. The number of anilines is 2. The third-order valence-corrected chi connectivity index (χ3v) is 2.88. The van der Waals surface area contributed by atoms with Crippen LogP contribution in [0.2, 0.25) is 5.02 Å². The SMILES string of the molecule is Cc1cc(N)cnc1NC(=O)c1cc(F)c(Cl)cc1F. The average Bonchev–Trinajstić information content (AvgIpc) is 2.37. The molecule has 3 N–H and O–H groups in total. The molecule has 2 aromatic rings.